The molecule has 1 fully saturated rings. The molecule has 1 aliphatic rings. The lowest BCUT2D eigenvalue weighted by Gasteiger charge is -2.14. The molecule has 1 N–H and O–H groups in total. The van der Waals surface area contributed by atoms with E-state index in [0.717, 1.165) is 25.4 Å². The van der Waals surface area contributed by atoms with Crippen molar-refractivity contribution in [2.45, 2.75) is 33.1 Å². The molecular formula is C15H23NO. The monoisotopic (exact) mass is 233 g/mol. The Labute approximate surface area is 104 Å². The predicted molar refractivity (Wildman–Crippen MR) is 71.7 cm³/mol. The van der Waals surface area contributed by atoms with Crippen LogP contribution in [0.15, 0.2) is 18.2 Å². The molecule has 17 heavy (non-hydrogen) atoms. The lowest BCUT2D eigenvalue weighted by Crippen LogP contribution is -2.15. The van der Waals surface area contributed by atoms with E-state index < -0.39 is 0 Å². The fraction of sp³-hybridized carbons (Fsp3) is 0.600. The van der Waals surface area contributed by atoms with E-state index in [4.69, 9.17) is 4.74 Å². The Kier molecular flexibility index (Phi) is 4.06. The van der Waals surface area contributed by atoms with Gasteiger partial charge in [-0.2, -0.15) is 0 Å². The molecule has 0 aliphatic carbocycles. The van der Waals surface area contributed by atoms with Crippen molar-refractivity contribution < 1.29 is 4.74 Å². The summed E-state index contributed by atoms with van der Waals surface area (Å²) in [4.78, 5) is 0. The largest absolute Gasteiger partial charge is 0.493 e. The summed E-state index contributed by atoms with van der Waals surface area (Å²) < 4.78 is 5.87. The van der Waals surface area contributed by atoms with Crippen LogP contribution in [0.25, 0.3) is 0 Å². The molecule has 94 valence electrons. The van der Waals surface area contributed by atoms with E-state index in [1.165, 1.54) is 17.5 Å². The van der Waals surface area contributed by atoms with Crippen LogP contribution in [0.4, 0.5) is 0 Å². The van der Waals surface area contributed by atoms with E-state index in [1.54, 1.807) is 0 Å². The van der Waals surface area contributed by atoms with Crippen LogP contribution >= 0.6 is 0 Å². The molecule has 1 heterocycles. The Morgan fingerprint density at radius 1 is 1.41 bits per heavy atom. The molecule has 0 saturated carbocycles. The number of hydrogen-bond acceptors (Lipinski definition) is 2. The van der Waals surface area contributed by atoms with Crippen molar-refractivity contribution in [3.63, 3.8) is 0 Å². The first-order valence-electron chi connectivity index (χ1n) is 6.61. The third kappa shape index (κ3) is 3.22. The number of aryl methyl sites for hydroxylation is 1. The fourth-order valence-corrected chi connectivity index (χ4v) is 2.46. The third-order valence-electron chi connectivity index (χ3n) is 3.51. The molecule has 1 atom stereocenters. The molecule has 0 spiro atoms. The number of hydrogen-bond donors (Lipinski definition) is 1. The van der Waals surface area contributed by atoms with Gasteiger partial charge in [0.1, 0.15) is 5.75 Å². The number of rotatable bonds is 4. The third-order valence-corrected chi connectivity index (χ3v) is 3.51. The molecule has 0 aromatic heterocycles. The van der Waals surface area contributed by atoms with Crippen LogP contribution in [0.3, 0.4) is 0 Å². The van der Waals surface area contributed by atoms with E-state index >= 15 is 0 Å². The summed E-state index contributed by atoms with van der Waals surface area (Å²) >= 11 is 0. The average molecular weight is 233 g/mol. The van der Waals surface area contributed by atoms with Gasteiger partial charge in [-0.05, 0) is 49.1 Å². The van der Waals surface area contributed by atoms with Crippen molar-refractivity contribution in [1.29, 1.82) is 0 Å². The summed E-state index contributed by atoms with van der Waals surface area (Å²) in [6.07, 6.45) is 1.24. The van der Waals surface area contributed by atoms with Gasteiger partial charge in [0, 0.05) is 12.5 Å². The van der Waals surface area contributed by atoms with Crippen molar-refractivity contribution >= 4 is 0 Å². The van der Waals surface area contributed by atoms with Crippen LogP contribution in [0.2, 0.25) is 0 Å². The van der Waals surface area contributed by atoms with E-state index in [-0.39, 0.29) is 0 Å². The molecule has 1 aromatic carbocycles. The van der Waals surface area contributed by atoms with E-state index in [2.05, 4.69) is 44.3 Å². The quantitative estimate of drug-likeness (QED) is 0.863. The van der Waals surface area contributed by atoms with E-state index in [9.17, 15) is 0 Å². The Balaban J connectivity index is 1.94. The van der Waals surface area contributed by atoms with Gasteiger partial charge in [0.25, 0.3) is 0 Å². The first kappa shape index (κ1) is 12.4. The maximum atomic E-state index is 5.87. The minimum atomic E-state index is 0.586. The SMILES string of the molecule is Cc1cc(OC[C@@H]2CCNC2)ccc1C(C)C. The number of nitrogens with one attached hydrogen (secondary N) is 1. The highest BCUT2D eigenvalue weighted by Crippen LogP contribution is 2.24. The molecule has 1 aliphatic heterocycles. The van der Waals surface area contributed by atoms with Gasteiger partial charge < -0.3 is 10.1 Å². The van der Waals surface area contributed by atoms with Crippen LogP contribution in [-0.4, -0.2) is 19.7 Å². The first-order chi connectivity index (χ1) is 8.16. The lowest BCUT2D eigenvalue weighted by molar-refractivity contribution is 0.260. The maximum Gasteiger partial charge on any atom is 0.119 e. The minimum Gasteiger partial charge on any atom is -0.493 e. The smallest absolute Gasteiger partial charge is 0.119 e. The summed E-state index contributed by atoms with van der Waals surface area (Å²) in [5.41, 5.74) is 2.75. The molecule has 0 radical (unpaired) electrons. The second-order valence-corrected chi connectivity index (χ2v) is 5.34. The number of benzene rings is 1. The second-order valence-electron chi connectivity index (χ2n) is 5.34. The zero-order valence-corrected chi connectivity index (χ0v) is 11.1. The first-order valence-corrected chi connectivity index (χ1v) is 6.61. The standard InChI is InChI=1S/C15H23NO/c1-11(2)15-5-4-14(8-12(15)3)17-10-13-6-7-16-9-13/h4-5,8,11,13,16H,6-7,9-10H2,1-3H3/t13-/m1/s1. The molecule has 2 nitrogen and oxygen atoms in total. The Hall–Kier alpha value is -1.02. The van der Waals surface area contributed by atoms with Gasteiger partial charge in [-0.25, -0.2) is 0 Å². The van der Waals surface area contributed by atoms with Gasteiger partial charge in [0.15, 0.2) is 0 Å². The van der Waals surface area contributed by atoms with Crippen LogP contribution in [0.1, 0.15) is 37.3 Å². The highest BCUT2D eigenvalue weighted by molar-refractivity contribution is 5.36. The van der Waals surface area contributed by atoms with Gasteiger partial charge in [0.2, 0.25) is 0 Å². The van der Waals surface area contributed by atoms with Crippen LogP contribution in [-0.2, 0) is 0 Å². The number of ether oxygens (including phenoxy) is 1. The molecule has 1 aromatic rings. The summed E-state index contributed by atoms with van der Waals surface area (Å²) in [5.74, 6) is 2.28. The molecule has 0 bridgehead atoms. The second kappa shape index (κ2) is 5.54. The summed E-state index contributed by atoms with van der Waals surface area (Å²) in [6, 6.07) is 6.46. The van der Waals surface area contributed by atoms with Gasteiger partial charge in [-0.3, -0.25) is 0 Å². The highest BCUT2D eigenvalue weighted by atomic mass is 16.5. The summed E-state index contributed by atoms with van der Waals surface area (Å²) in [5, 5.41) is 3.36. The Morgan fingerprint density at radius 3 is 2.82 bits per heavy atom. The Morgan fingerprint density at radius 2 is 2.24 bits per heavy atom. The zero-order chi connectivity index (χ0) is 12.3. The van der Waals surface area contributed by atoms with Crippen molar-refractivity contribution in [3.8, 4) is 5.75 Å². The van der Waals surface area contributed by atoms with E-state index in [1.807, 2.05) is 0 Å². The summed E-state index contributed by atoms with van der Waals surface area (Å²) in [7, 11) is 0. The van der Waals surface area contributed by atoms with Crippen LogP contribution < -0.4 is 10.1 Å². The van der Waals surface area contributed by atoms with Gasteiger partial charge in [-0.1, -0.05) is 19.9 Å². The molecule has 1 saturated heterocycles. The van der Waals surface area contributed by atoms with E-state index in [0.29, 0.717) is 11.8 Å². The molecule has 2 rings (SSSR count). The Bertz CT molecular complexity index is 367. The average Bonchev–Trinajstić information content (AvgIpc) is 2.78. The van der Waals surface area contributed by atoms with Crippen molar-refractivity contribution in [3.05, 3.63) is 29.3 Å². The topological polar surface area (TPSA) is 21.3 Å². The summed E-state index contributed by atoms with van der Waals surface area (Å²) in [6.45, 7) is 9.70. The molecule has 2 heteroatoms. The van der Waals surface area contributed by atoms with Crippen molar-refractivity contribution in [2.24, 2.45) is 5.92 Å². The normalized spacial score (nSPS) is 19.9. The van der Waals surface area contributed by atoms with Crippen molar-refractivity contribution in [1.82, 2.24) is 5.32 Å². The lowest BCUT2D eigenvalue weighted by atomic mass is 9.98. The molecule has 0 amide bonds. The molecular weight excluding hydrogens is 210 g/mol. The zero-order valence-electron chi connectivity index (χ0n) is 11.1. The van der Waals surface area contributed by atoms with Gasteiger partial charge in [0.05, 0.1) is 6.61 Å². The van der Waals surface area contributed by atoms with Crippen LogP contribution in [0.5, 0.6) is 5.75 Å². The van der Waals surface area contributed by atoms with Gasteiger partial charge >= 0.3 is 0 Å². The molecule has 0 unspecified atom stereocenters. The predicted octanol–water partition coefficient (Wildman–Crippen LogP) is 3.11. The highest BCUT2D eigenvalue weighted by Gasteiger charge is 2.15. The minimum absolute atomic E-state index is 0.586. The fourth-order valence-electron chi connectivity index (χ4n) is 2.46. The van der Waals surface area contributed by atoms with Crippen molar-refractivity contribution in [2.75, 3.05) is 19.7 Å². The maximum absolute atomic E-state index is 5.87. The van der Waals surface area contributed by atoms with Gasteiger partial charge in [-0.15, -0.1) is 0 Å². The van der Waals surface area contributed by atoms with Crippen LogP contribution in [0, 0.1) is 12.8 Å².